The number of aromatic nitrogens is 1. The number of nitrogens with one attached hydrogen (secondary N) is 1. The van der Waals surface area contributed by atoms with Gasteiger partial charge in [0.1, 0.15) is 12.2 Å². The second-order valence-corrected chi connectivity index (χ2v) is 7.72. The fourth-order valence-electron chi connectivity index (χ4n) is 4.23. The van der Waals surface area contributed by atoms with Crippen molar-refractivity contribution in [1.29, 1.82) is 5.26 Å². The zero-order valence-electron chi connectivity index (χ0n) is 15.9. The molecule has 0 aliphatic carbocycles. The summed E-state index contributed by atoms with van der Waals surface area (Å²) in [6.07, 6.45) is 1.78. The van der Waals surface area contributed by atoms with Crippen LogP contribution in [0.1, 0.15) is 18.4 Å². The molecule has 1 aromatic heterocycles. The number of hydrogen-bond donors (Lipinski definition) is 1. The van der Waals surface area contributed by atoms with Crippen LogP contribution in [0.5, 0.6) is 0 Å². The lowest BCUT2D eigenvalue weighted by Crippen LogP contribution is -2.42. The number of carbonyl (C=O) groups excluding carboxylic acids is 1. The van der Waals surface area contributed by atoms with Crippen molar-refractivity contribution < 1.29 is 9.18 Å². The molecule has 0 spiro atoms. The Balaban J connectivity index is 1.38. The van der Waals surface area contributed by atoms with Gasteiger partial charge in [-0.3, -0.25) is 14.7 Å². The smallest absolute Gasteiger partial charge is 0.237 e. The van der Waals surface area contributed by atoms with E-state index >= 15 is 0 Å². The first kappa shape index (κ1) is 18.6. The van der Waals surface area contributed by atoms with Crippen LogP contribution in [-0.2, 0) is 4.79 Å². The maximum absolute atomic E-state index is 13.6. The summed E-state index contributed by atoms with van der Waals surface area (Å²) in [6.45, 7) is 3.87. The normalized spacial score (nSPS) is 25.2. The molecule has 3 atom stereocenters. The van der Waals surface area contributed by atoms with Crippen molar-refractivity contribution in [2.75, 3.05) is 31.5 Å². The monoisotopic (exact) mass is 381 g/mol. The zero-order valence-corrected chi connectivity index (χ0v) is 15.9. The molecule has 28 heavy (non-hydrogen) atoms. The molecule has 146 valence electrons. The quantitative estimate of drug-likeness (QED) is 0.881. The van der Waals surface area contributed by atoms with Gasteiger partial charge in [-0.15, -0.1) is 0 Å². The molecule has 2 aliphatic rings. The number of benzene rings is 1. The summed E-state index contributed by atoms with van der Waals surface area (Å²) >= 11 is 0. The number of likely N-dealkylation sites (tertiary alicyclic amines) is 2. The van der Waals surface area contributed by atoms with E-state index in [-0.39, 0.29) is 31.5 Å². The van der Waals surface area contributed by atoms with E-state index in [1.807, 2.05) is 24.4 Å². The number of anilines is 1. The zero-order chi connectivity index (χ0) is 19.7. The van der Waals surface area contributed by atoms with Gasteiger partial charge in [0.25, 0.3) is 0 Å². The number of carbonyl (C=O) groups is 1. The molecule has 7 heteroatoms. The summed E-state index contributed by atoms with van der Waals surface area (Å²) in [5.74, 6) is -0.155. The molecule has 1 aromatic carbocycles. The summed E-state index contributed by atoms with van der Waals surface area (Å²) < 4.78 is 13.6. The molecule has 2 saturated heterocycles. The van der Waals surface area contributed by atoms with Gasteiger partial charge in [0.05, 0.1) is 24.7 Å². The fourth-order valence-corrected chi connectivity index (χ4v) is 4.23. The van der Waals surface area contributed by atoms with E-state index in [1.165, 1.54) is 4.90 Å². The summed E-state index contributed by atoms with van der Waals surface area (Å²) in [4.78, 5) is 20.5. The molecule has 6 nitrogen and oxygen atoms in total. The first-order valence-electron chi connectivity index (χ1n) is 9.71. The summed E-state index contributed by atoms with van der Waals surface area (Å²) in [6, 6.07) is 9.78. The van der Waals surface area contributed by atoms with Crippen LogP contribution in [-0.4, -0.2) is 65.1 Å². The minimum atomic E-state index is -1.09. The number of pyridine rings is 1. The summed E-state index contributed by atoms with van der Waals surface area (Å²) in [5.41, 5.74) is 3.19. The number of alkyl halides is 1. The Morgan fingerprint density at radius 3 is 3.07 bits per heavy atom. The molecule has 2 aliphatic heterocycles. The number of nitriles is 1. The van der Waals surface area contributed by atoms with Crippen LogP contribution in [0.25, 0.3) is 10.9 Å². The van der Waals surface area contributed by atoms with E-state index < -0.39 is 12.2 Å². The average Bonchev–Trinajstić information content (AvgIpc) is 3.28. The van der Waals surface area contributed by atoms with E-state index in [4.69, 9.17) is 5.26 Å². The molecule has 0 radical (unpaired) electrons. The van der Waals surface area contributed by atoms with E-state index in [1.54, 1.807) is 0 Å². The first-order chi connectivity index (χ1) is 13.5. The van der Waals surface area contributed by atoms with Crippen LogP contribution in [0.15, 0.2) is 30.5 Å². The second-order valence-electron chi connectivity index (χ2n) is 7.72. The van der Waals surface area contributed by atoms with Crippen LogP contribution in [0, 0.1) is 18.3 Å². The van der Waals surface area contributed by atoms with Crippen LogP contribution in [0.4, 0.5) is 10.1 Å². The number of hydrogen-bond acceptors (Lipinski definition) is 5. The van der Waals surface area contributed by atoms with Crippen LogP contribution in [0.2, 0.25) is 0 Å². The van der Waals surface area contributed by atoms with Crippen LogP contribution in [0.3, 0.4) is 0 Å². The number of nitrogens with zero attached hydrogens (tertiary/aromatic N) is 4. The van der Waals surface area contributed by atoms with Crippen molar-refractivity contribution in [3.63, 3.8) is 0 Å². The second kappa shape index (κ2) is 7.72. The molecule has 4 rings (SSSR count). The Morgan fingerprint density at radius 1 is 1.39 bits per heavy atom. The highest BCUT2D eigenvalue weighted by Crippen LogP contribution is 2.26. The van der Waals surface area contributed by atoms with Gasteiger partial charge in [-0.05, 0) is 25.0 Å². The Bertz CT molecular complexity index is 927. The molecular weight excluding hydrogens is 357 g/mol. The molecule has 3 heterocycles. The predicted molar refractivity (Wildman–Crippen MR) is 106 cm³/mol. The fraction of sp³-hybridized carbons (Fsp3) is 0.476. The molecular formula is C21H24FN5O. The Morgan fingerprint density at radius 2 is 2.25 bits per heavy atom. The third-order valence-corrected chi connectivity index (χ3v) is 5.68. The van der Waals surface area contributed by atoms with Gasteiger partial charge in [-0.25, -0.2) is 4.39 Å². The molecule has 0 saturated carbocycles. The van der Waals surface area contributed by atoms with Gasteiger partial charge in [-0.1, -0.05) is 18.2 Å². The molecule has 2 aromatic rings. The highest BCUT2D eigenvalue weighted by molar-refractivity contribution is 5.93. The van der Waals surface area contributed by atoms with Gasteiger partial charge >= 0.3 is 0 Å². The lowest BCUT2D eigenvalue weighted by atomic mass is 10.1. The van der Waals surface area contributed by atoms with E-state index in [0.29, 0.717) is 0 Å². The lowest BCUT2D eigenvalue weighted by molar-refractivity contribution is -0.132. The maximum Gasteiger partial charge on any atom is 0.237 e. The number of halogens is 1. The van der Waals surface area contributed by atoms with Gasteiger partial charge in [-0.2, -0.15) is 5.26 Å². The predicted octanol–water partition coefficient (Wildman–Crippen LogP) is 2.49. The van der Waals surface area contributed by atoms with Crippen molar-refractivity contribution >= 4 is 22.5 Å². The highest BCUT2D eigenvalue weighted by Gasteiger charge is 2.36. The van der Waals surface area contributed by atoms with E-state index in [9.17, 15) is 9.18 Å². The molecule has 1 N–H and O–H groups in total. The van der Waals surface area contributed by atoms with E-state index in [2.05, 4.69) is 34.3 Å². The van der Waals surface area contributed by atoms with Crippen molar-refractivity contribution in [2.45, 2.75) is 38.0 Å². The summed E-state index contributed by atoms with van der Waals surface area (Å²) in [7, 11) is 0. The largest absolute Gasteiger partial charge is 0.380 e. The minimum absolute atomic E-state index is 0.0366. The maximum atomic E-state index is 13.6. The number of amides is 1. The van der Waals surface area contributed by atoms with E-state index in [0.717, 1.165) is 41.7 Å². The van der Waals surface area contributed by atoms with Crippen molar-refractivity contribution in [1.82, 2.24) is 14.8 Å². The molecule has 0 unspecified atom stereocenters. The van der Waals surface area contributed by atoms with Gasteiger partial charge < -0.3 is 10.2 Å². The number of para-hydroxylation sites is 1. The molecule has 1 amide bonds. The highest BCUT2D eigenvalue weighted by atomic mass is 19.1. The minimum Gasteiger partial charge on any atom is -0.380 e. The molecule has 0 bridgehead atoms. The van der Waals surface area contributed by atoms with Crippen LogP contribution >= 0.6 is 0 Å². The van der Waals surface area contributed by atoms with Gasteiger partial charge in [0.2, 0.25) is 5.91 Å². The number of aryl methyl sites for hydroxylation is 1. The third kappa shape index (κ3) is 3.65. The van der Waals surface area contributed by atoms with Crippen molar-refractivity contribution in [3.8, 4) is 6.07 Å². The topological polar surface area (TPSA) is 72.3 Å². The summed E-state index contributed by atoms with van der Waals surface area (Å²) in [5, 5.41) is 13.8. The SMILES string of the molecule is Cc1cccc2c(N[C@@H]3CCN(CC(=O)N4C[C@@H](F)C[C@H]4C#N)C3)ccnc12. The Labute approximate surface area is 163 Å². The van der Waals surface area contributed by atoms with Gasteiger partial charge in [0, 0.05) is 42.8 Å². The Kier molecular flexibility index (Phi) is 5.14. The lowest BCUT2D eigenvalue weighted by Gasteiger charge is -2.23. The number of rotatable bonds is 4. The standard InChI is InChI=1S/C21H24FN5O/c1-14-3-2-4-18-19(5-7-24-21(14)18)25-16-6-8-26(12-16)13-20(28)27-11-15(22)9-17(27)10-23/h2-5,7,15-17H,6,8-9,11-13H2,1H3,(H,24,25)/t15-,16+,17-/m0/s1. The third-order valence-electron chi connectivity index (χ3n) is 5.68. The van der Waals surface area contributed by atoms with Crippen molar-refractivity contribution in [2.24, 2.45) is 0 Å². The van der Waals surface area contributed by atoms with Crippen LogP contribution < -0.4 is 5.32 Å². The number of fused-ring (bicyclic) bond motifs is 1. The first-order valence-corrected chi connectivity index (χ1v) is 9.71. The molecule has 2 fully saturated rings. The van der Waals surface area contributed by atoms with Gasteiger partial charge in [0.15, 0.2) is 0 Å². The van der Waals surface area contributed by atoms with Crippen molar-refractivity contribution in [3.05, 3.63) is 36.0 Å². The Hall–Kier alpha value is -2.72. The average molecular weight is 381 g/mol.